The molecule has 10 heteroatoms. The van der Waals surface area contributed by atoms with Crippen molar-refractivity contribution in [2.24, 2.45) is 5.92 Å². The van der Waals surface area contributed by atoms with Crippen molar-refractivity contribution < 1.29 is 34.1 Å². The summed E-state index contributed by atoms with van der Waals surface area (Å²) in [6, 6.07) is 22.5. The fraction of sp³-hybridized carbons (Fsp3) is 0.400. The first-order valence-electron chi connectivity index (χ1n) is 15.3. The van der Waals surface area contributed by atoms with Crippen molar-refractivity contribution in [1.82, 2.24) is 10.6 Å². The molecule has 9 nitrogen and oxygen atoms in total. The second-order valence-corrected chi connectivity index (χ2v) is 12.3. The fourth-order valence-electron chi connectivity index (χ4n) is 5.18. The van der Waals surface area contributed by atoms with Crippen LogP contribution in [0.2, 0.25) is 0 Å². The molecule has 4 N–H and O–H groups in total. The predicted molar refractivity (Wildman–Crippen MR) is 173 cm³/mol. The molecule has 0 bridgehead atoms. The summed E-state index contributed by atoms with van der Waals surface area (Å²) >= 11 is 1.46. The molecule has 1 heterocycles. The van der Waals surface area contributed by atoms with E-state index in [1.54, 1.807) is 12.1 Å². The van der Waals surface area contributed by atoms with Gasteiger partial charge in [-0.2, -0.15) is 0 Å². The quantitative estimate of drug-likeness (QED) is 0.122. The topological polar surface area (TPSA) is 134 Å². The molecule has 4 rings (SSSR count). The van der Waals surface area contributed by atoms with Gasteiger partial charge >= 0.3 is 5.97 Å². The van der Waals surface area contributed by atoms with Crippen LogP contribution in [-0.2, 0) is 32.2 Å². The molecule has 45 heavy (non-hydrogen) atoms. The summed E-state index contributed by atoms with van der Waals surface area (Å²) in [7, 11) is 0. The number of benzene rings is 3. The van der Waals surface area contributed by atoms with E-state index in [4.69, 9.17) is 9.47 Å². The first-order chi connectivity index (χ1) is 21.7. The third-order valence-electron chi connectivity index (χ3n) is 7.84. The van der Waals surface area contributed by atoms with E-state index < -0.39 is 12.3 Å². The Morgan fingerprint density at radius 3 is 2.22 bits per heavy atom. The average Bonchev–Trinajstić information content (AvgIpc) is 3.05. The summed E-state index contributed by atoms with van der Waals surface area (Å²) in [5.41, 5.74) is 3.85. The summed E-state index contributed by atoms with van der Waals surface area (Å²) in [5.74, 6) is -0.513. The van der Waals surface area contributed by atoms with Crippen molar-refractivity contribution >= 4 is 29.5 Å². The average molecular weight is 635 g/mol. The number of amides is 2. The van der Waals surface area contributed by atoms with Crippen molar-refractivity contribution in [3.8, 4) is 0 Å². The van der Waals surface area contributed by atoms with Crippen LogP contribution in [0.4, 0.5) is 0 Å². The molecule has 0 aliphatic carbocycles. The van der Waals surface area contributed by atoms with E-state index in [1.807, 2.05) is 60.7 Å². The molecule has 1 saturated heterocycles. The minimum Gasteiger partial charge on any atom is -0.478 e. The Morgan fingerprint density at radius 1 is 0.844 bits per heavy atom. The van der Waals surface area contributed by atoms with Gasteiger partial charge in [0.2, 0.25) is 11.8 Å². The van der Waals surface area contributed by atoms with Crippen LogP contribution in [-0.4, -0.2) is 46.4 Å². The zero-order valence-corrected chi connectivity index (χ0v) is 26.6. The largest absolute Gasteiger partial charge is 0.478 e. The Balaban J connectivity index is 1.40. The van der Waals surface area contributed by atoms with E-state index in [0.29, 0.717) is 30.2 Å². The van der Waals surface area contributed by atoms with Crippen LogP contribution < -0.4 is 10.6 Å². The number of carbonyl (C=O) groups is 3. The van der Waals surface area contributed by atoms with Gasteiger partial charge < -0.3 is 30.3 Å². The van der Waals surface area contributed by atoms with E-state index >= 15 is 0 Å². The standard InChI is InChI=1S/C35H42N2O7S/c1-23-30(22-45-31-9-6-5-8-29(31)34(41)42)43-35(44-33(23)27-15-13-26(21-38)14-16-27)28-17-11-25(12-18-28)20-37-32(40)10-4-3-7-19-36-24(2)39/h5-6,8-9,11-18,23,30,33,35,38H,3-4,7,10,19-22H2,1-2H3,(H,36,39)(H,37,40)(H,41,42)/t23-,30+,33+,35+/m1/s1. The van der Waals surface area contributed by atoms with Crippen molar-refractivity contribution in [2.45, 2.75) is 76.1 Å². The van der Waals surface area contributed by atoms with Gasteiger partial charge in [-0.15, -0.1) is 11.8 Å². The second-order valence-electron chi connectivity index (χ2n) is 11.2. The molecular weight excluding hydrogens is 592 g/mol. The number of ether oxygens (including phenoxy) is 2. The number of aromatic carboxylic acids is 1. The molecule has 4 atom stereocenters. The third kappa shape index (κ3) is 10.2. The molecule has 0 unspecified atom stereocenters. The zero-order chi connectivity index (χ0) is 32.2. The molecule has 0 aromatic heterocycles. The van der Waals surface area contributed by atoms with Gasteiger partial charge in [-0.05, 0) is 41.7 Å². The molecule has 3 aromatic carbocycles. The maximum absolute atomic E-state index is 12.3. The van der Waals surface area contributed by atoms with Gasteiger partial charge in [0.25, 0.3) is 0 Å². The Labute approximate surface area is 268 Å². The first-order valence-corrected chi connectivity index (χ1v) is 16.3. The number of aliphatic hydroxyl groups excluding tert-OH is 1. The van der Waals surface area contributed by atoms with Crippen LogP contribution in [0, 0.1) is 5.92 Å². The molecule has 1 aliphatic rings. The van der Waals surface area contributed by atoms with Crippen molar-refractivity contribution in [2.75, 3.05) is 12.3 Å². The summed E-state index contributed by atoms with van der Waals surface area (Å²) in [4.78, 5) is 35.7. The molecule has 0 saturated carbocycles. The summed E-state index contributed by atoms with van der Waals surface area (Å²) in [5, 5.41) is 24.9. The highest BCUT2D eigenvalue weighted by Gasteiger charge is 2.38. The van der Waals surface area contributed by atoms with Crippen LogP contribution in [0.5, 0.6) is 0 Å². The summed E-state index contributed by atoms with van der Waals surface area (Å²) < 4.78 is 13.0. The van der Waals surface area contributed by atoms with Crippen LogP contribution in [0.25, 0.3) is 0 Å². The molecule has 3 aromatic rings. The van der Waals surface area contributed by atoms with Gasteiger partial charge in [0, 0.05) is 48.6 Å². The van der Waals surface area contributed by atoms with Gasteiger partial charge in [0.05, 0.1) is 24.4 Å². The maximum atomic E-state index is 12.3. The summed E-state index contributed by atoms with van der Waals surface area (Å²) in [6.07, 6.45) is 1.76. The van der Waals surface area contributed by atoms with Gasteiger partial charge in [-0.3, -0.25) is 9.59 Å². The van der Waals surface area contributed by atoms with Gasteiger partial charge in [0.1, 0.15) is 0 Å². The highest BCUT2D eigenvalue weighted by molar-refractivity contribution is 7.99. The van der Waals surface area contributed by atoms with Crippen LogP contribution in [0.1, 0.15) is 84.5 Å². The molecule has 0 radical (unpaired) electrons. The van der Waals surface area contributed by atoms with E-state index in [-0.39, 0.29) is 42.1 Å². The lowest BCUT2D eigenvalue weighted by atomic mass is 9.91. The molecule has 1 fully saturated rings. The van der Waals surface area contributed by atoms with Gasteiger partial charge in [-0.25, -0.2) is 4.79 Å². The Morgan fingerprint density at radius 2 is 1.53 bits per heavy atom. The van der Waals surface area contributed by atoms with Crippen LogP contribution >= 0.6 is 11.8 Å². The normalized spacial score (nSPS) is 19.5. The number of aliphatic hydroxyl groups is 1. The lowest BCUT2D eigenvalue weighted by Gasteiger charge is -2.41. The van der Waals surface area contributed by atoms with E-state index in [0.717, 1.165) is 41.5 Å². The Bertz CT molecular complexity index is 1410. The summed E-state index contributed by atoms with van der Waals surface area (Å²) in [6.45, 7) is 4.57. The van der Waals surface area contributed by atoms with Crippen LogP contribution in [0.15, 0.2) is 77.7 Å². The molecule has 0 spiro atoms. The minimum atomic E-state index is -0.964. The lowest BCUT2D eigenvalue weighted by Crippen LogP contribution is -2.38. The van der Waals surface area contributed by atoms with E-state index in [1.165, 1.54) is 18.7 Å². The Kier molecular flexibility index (Phi) is 13.0. The number of carboxylic acids is 1. The highest BCUT2D eigenvalue weighted by atomic mass is 32.2. The Hall–Kier alpha value is -3.70. The minimum absolute atomic E-state index is 0.00795. The number of carbonyl (C=O) groups excluding carboxylic acids is 2. The SMILES string of the molecule is CC(=O)NCCCCCC(=O)NCc1ccc([C@H]2O[C@@H](CSc3ccccc3C(=O)O)[C@@H](C)[C@@H](c3ccc(CO)cc3)O2)cc1. The number of hydrogen-bond acceptors (Lipinski definition) is 7. The highest BCUT2D eigenvalue weighted by Crippen LogP contribution is 2.43. The molecule has 1 aliphatic heterocycles. The third-order valence-corrected chi connectivity index (χ3v) is 9.00. The van der Waals surface area contributed by atoms with Crippen molar-refractivity contribution in [3.05, 3.63) is 101 Å². The van der Waals surface area contributed by atoms with Crippen molar-refractivity contribution in [3.63, 3.8) is 0 Å². The fourth-order valence-corrected chi connectivity index (χ4v) is 6.40. The monoisotopic (exact) mass is 634 g/mol. The first kappa shape index (κ1) is 34.2. The van der Waals surface area contributed by atoms with Gasteiger partial charge in [0.15, 0.2) is 6.29 Å². The number of nitrogens with one attached hydrogen (secondary N) is 2. The smallest absolute Gasteiger partial charge is 0.336 e. The van der Waals surface area contributed by atoms with Crippen LogP contribution in [0.3, 0.4) is 0 Å². The molecular formula is C35H42N2O7S. The van der Waals surface area contributed by atoms with E-state index in [2.05, 4.69) is 17.6 Å². The van der Waals surface area contributed by atoms with Gasteiger partial charge in [-0.1, -0.05) is 74.0 Å². The number of unbranched alkanes of at least 4 members (excludes halogenated alkanes) is 2. The predicted octanol–water partition coefficient (Wildman–Crippen LogP) is 5.77. The zero-order valence-electron chi connectivity index (χ0n) is 25.7. The molecule has 2 amide bonds. The molecule has 240 valence electrons. The van der Waals surface area contributed by atoms with E-state index in [9.17, 15) is 24.6 Å². The second kappa shape index (κ2) is 17.1. The number of carboxylic acid groups (broad SMARTS) is 1. The number of thioether (sulfide) groups is 1. The lowest BCUT2D eigenvalue weighted by molar-refractivity contribution is -0.268. The maximum Gasteiger partial charge on any atom is 0.336 e. The number of rotatable bonds is 15. The number of hydrogen-bond donors (Lipinski definition) is 4. The van der Waals surface area contributed by atoms with Crippen molar-refractivity contribution in [1.29, 1.82) is 0 Å².